The molecule has 0 bridgehead atoms. The third-order valence-corrected chi connectivity index (χ3v) is 3.05. The van der Waals surface area contributed by atoms with Crippen LogP contribution in [0.4, 0.5) is 4.39 Å². The number of alkyl halides is 1. The van der Waals surface area contributed by atoms with Gasteiger partial charge in [-0.2, -0.15) is 0 Å². The average molecular weight is 152 g/mol. The van der Waals surface area contributed by atoms with E-state index in [0.29, 0.717) is 16.9 Å². The molecule has 0 aliphatic heterocycles. The first kappa shape index (κ1) is 8.32. The van der Waals surface area contributed by atoms with E-state index in [1.54, 1.807) is 0 Å². The second-order valence-electron chi connectivity index (χ2n) is 1.84. The molecule has 1 atom stereocenters. The van der Waals surface area contributed by atoms with Gasteiger partial charge in [0.15, 0.2) is 9.76 Å². The van der Waals surface area contributed by atoms with E-state index in [4.69, 9.17) is 4.12 Å². The van der Waals surface area contributed by atoms with Crippen LogP contribution in [-0.2, 0) is 4.12 Å². The molecule has 0 saturated carbocycles. The Balaban J connectivity index is 2.92. The van der Waals surface area contributed by atoms with Crippen molar-refractivity contribution in [3.05, 3.63) is 0 Å². The fourth-order valence-electron chi connectivity index (χ4n) is 0.577. The van der Waals surface area contributed by atoms with Crippen molar-refractivity contribution in [2.75, 3.05) is 0 Å². The summed E-state index contributed by atoms with van der Waals surface area (Å²) in [4.78, 5) is 0. The van der Waals surface area contributed by atoms with Gasteiger partial charge in [-0.25, -0.2) is 4.39 Å². The van der Waals surface area contributed by atoms with E-state index in [-0.39, 0.29) is 0 Å². The lowest BCUT2D eigenvalue weighted by Gasteiger charge is -2.01. The van der Waals surface area contributed by atoms with Gasteiger partial charge in [0.1, 0.15) is 16.3 Å². The standard InChI is InChI=1S/C4H13FOSi2/c1-2-3-4(5)8-6-7/h4H,2-3,8H2,1,7H3. The largest absolute Gasteiger partial charge is 0.466 e. The SMILES string of the molecule is CCCC(F)[SiH2]O[SiH3]. The Morgan fingerprint density at radius 1 is 1.88 bits per heavy atom. The Morgan fingerprint density at radius 2 is 2.50 bits per heavy atom. The van der Waals surface area contributed by atoms with E-state index in [2.05, 4.69) is 0 Å². The molecule has 0 aliphatic rings. The van der Waals surface area contributed by atoms with Crippen molar-refractivity contribution >= 4 is 20.2 Å². The van der Waals surface area contributed by atoms with Gasteiger partial charge < -0.3 is 4.12 Å². The van der Waals surface area contributed by atoms with Crippen LogP contribution in [0.5, 0.6) is 0 Å². The van der Waals surface area contributed by atoms with E-state index in [0.717, 1.165) is 6.42 Å². The van der Waals surface area contributed by atoms with Gasteiger partial charge in [0.05, 0.1) is 0 Å². The first-order valence-electron chi connectivity index (χ1n) is 2.94. The minimum Gasteiger partial charge on any atom is -0.466 e. The van der Waals surface area contributed by atoms with Crippen molar-refractivity contribution in [1.29, 1.82) is 0 Å². The zero-order valence-electron chi connectivity index (χ0n) is 5.48. The van der Waals surface area contributed by atoms with Crippen LogP contribution in [0.3, 0.4) is 0 Å². The summed E-state index contributed by atoms with van der Waals surface area (Å²) in [6, 6.07) is 0. The van der Waals surface area contributed by atoms with Gasteiger partial charge in [0.2, 0.25) is 0 Å². The second kappa shape index (κ2) is 5.46. The maximum Gasteiger partial charge on any atom is 0.182 e. The molecule has 0 aromatic heterocycles. The van der Waals surface area contributed by atoms with E-state index in [1.807, 2.05) is 6.92 Å². The van der Waals surface area contributed by atoms with Gasteiger partial charge in [-0.15, -0.1) is 0 Å². The molecule has 0 aliphatic carbocycles. The lowest BCUT2D eigenvalue weighted by molar-refractivity contribution is 0.388. The molecule has 1 unspecified atom stereocenters. The molecule has 0 heterocycles. The Morgan fingerprint density at radius 3 is 2.88 bits per heavy atom. The van der Waals surface area contributed by atoms with Crippen LogP contribution in [0, 0.1) is 0 Å². The zero-order chi connectivity index (χ0) is 6.41. The fourth-order valence-corrected chi connectivity index (χ4v) is 2.60. The van der Waals surface area contributed by atoms with Gasteiger partial charge in [-0.1, -0.05) is 13.3 Å². The van der Waals surface area contributed by atoms with Crippen molar-refractivity contribution in [2.45, 2.75) is 25.6 Å². The van der Waals surface area contributed by atoms with Crippen LogP contribution in [0.1, 0.15) is 19.8 Å². The van der Waals surface area contributed by atoms with Crippen molar-refractivity contribution in [1.82, 2.24) is 0 Å². The Kier molecular flexibility index (Phi) is 5.68. The van der Waals surface area contributed by atoms with Crippen molar-refractivity contribution < 1.29 is 8.51 Å². The molecule has 0 aromatic rings. The highest BCUT2D eigenvalue weighted by atomic mass is 28.3. The first-order valence-corrected chi connectivity index (χ1v) is 5.15. The quantitative estimate of drug-likeness (QED) is 0.492. The molecule has 4 heteroatoms. The molecular formula is C4H13FOSi2. The van der Waals surface area contributed by atoms with Crippen LogP contribution in [0.2, 0.25) is 0 Å². The topological polar surface area (TPSA) is 9.23 Å². The highest BCUT2D eigenvalue weighted by Gasteiger charge is 2.02. The van der Waals surface area contributed by atoms with E-state index in [1.165, 1.54) is 0 Å². The number of rotatable bonds is 4. The third kappa shape index (κ3) is 4.48. The third-order valence-electron chi connectivity index (χ3n) is 0.949. The fraction of sp³-hybridized carbons (Fsp3) is 1.00. The van der Waals surface area contributed by atoms with Gasteiger partial charge >= 0.3 is 0 Å². The molecule has 50 valence electrons. The normalized spacial score (nSPS) is 15.8. The molecule has 0 saturated heterocycles. The molecule has 0 amide bonds. The maximum absolute atomic E-state index is 12.4. The van der Waals surface area contributed by atoms with Crippen LogP contribution in [0.15, 0.2) is 0 Å². The van der Waals surface area contributed by atoms with Crippen LogP contribution < -0.4 is 0 Å². The van der Waals surface area contributed by atoms with E-state index >= 15 is 0 Å². The molecule has 0 radical (unpaired) electrons. The molecule has 0 aromatic carbocycles. The summed E-state index contributed by atoms with van der Waals surface area (Å²) >= 11 is 0. The Hall–Kier alpha value is 0.324. The molecule has 0 spiro atoms. The lowest BCUT2D eigenvalue weighted by atomic mass is 10.4. The molecule has 0 rings (SSSR count). The lowest BCUT2D eigenvalue weighted by Crippen LogP contribution is -2.12. The van der Waals surface area contributed by atoms with Crippen molar-refractivity contribution in [2.24, 2.45) is 0 Å². The zero-order valence-corrected chi connectivity index (χ0v) is 8.90. The number of hydrogen-bond acceptors (Lipinski definition) is 1. The summed E-state index contributed by atoms with van der Waals surface area (Å²) in [7, 11) is -0.0541. The van der Waals surface area contributed by atoms with Crippen molar-refractivity contribution in [3.63, 3.8) is 0 Å². The smallest absolute Gasteiger partial charge is 0.182 e. The number of hydrogen-bond donors (Lipinski definition) is 0. The number of halogens is 1. The highest BCUT2D eigenvalue weighted by Crippen LogP contribution is 1.98. The van der Waals surface area contributed by atoms with Crippen LogP contribution in [-0.4, -0.2) is 26.0 Å². The monoisotopic (exact) mass is 152 g/mol. The second-order valence-corrected chi connectivity index (χ2v) is 5.37. The highest BCUT2D eigenvalue weighted by molar-refractivity contribution is 6.35. The minimum atomic E-state index is -0.770. The predicted molar refractivity (Wildman–Crippen MR) is 39.4 cm³/mol. The molecule has 8 heavy (non-hydrogen) atoms. The molecule has 0 N–H and O–H groups in total. The van der Waals surface area contributed by atoms with Gasteiger partial charge in [0, 0.05) is 0 Å². The Labute approximate surface area is 55.1 Å². The van der Waals surface area contributed by atoms with Crippen molar-refractivity contribution in [3.8, 4) is 0 Å². The minimum absolute atomic E-state index is 0.586. The maximum atomic E-state index is 12.4. The Bertz CT molecular complexity index is 47.3. The van der Waals surface area contributed by atoms with Gasteiger partial charge in [-0.05, 0) is 6.42 Å². The summed E-state index contributed by atoms with van der Waals surface area (Å²) in [6.07, 6.45) is 1.65. The van der Waals surface area contributed by atoms with Crippen LogP contribution >= 0.6 is 0 Å². The van der Waals surface area contributed by atoms with Gasteiger partial charge in [-0.3, -0.25) is 0 Å². The summed E-state index contributed by atoms with van der Waals surface area (Å²) in [5.74, 6) is -0.586. The average Bonchev–Trinajstić information content (AvgIpc) is 1.68. The van der Waals surface area contributed by atoms with Gasteiger partial charge in [0.25, 0.3) is 0 Å². The summed E-state index contributed by atoms with van der Waals surface area (Å²) in [6.45, 7) is 1.99. The summed E-state index contributed by atoms with van der Waals surface area (Å²) < 4.78 is 17.2. The first-order chi connectivity index (χ1) is 3.81. The van der Waals surface area contributed by atoms with Crippen LogP contribution in [0.25, 0.3) is 0 Å². The van der Waals surface area contributed by atoms with E-state index < -0.39 is 15.6 Å². The molecule has 0 fully saturated rings. The molecule has 1 nitrogen and oxygen atoms in total. The van der Waals surface area contributed by atoms with E-state index in [9.17, 15) is 4.39 Å². The predicted octanol–water partition coefficient (Wildman–Crippen LogP) is -0.537. The summed E-state index contributed by atoms with van der Waals surface area (Å²) in [5.41, 5.74) is 0. The molecular weight excluding hydrogens is 139 g/mol. The summed E-state index contributed by atoms with van der Waals surface area (Å²) in [5, 5.41) is 0.